The topological polar surface area (TPSA) is 99.4 Å². The molecule has 7 heteroatoms. The van der Waals surface area contributed by atoms with Gasteiger partial charge in [-0.2, -0.15) is 5.26 Å². The minimum absolute atomic E-state index is 0. The molecule has 0 fully saturated rings. The van der Waals surface area contributed by atoms with Crippen LogP contribution in [0.4, 0.5) is 4.79 Å². The van der Waals surface area contributed by atoms with Gasteiger partial charge in [-0.25, -0.2) is 9.59 Å². The first-order valence-corrected chi connectivity index (χ1v) is 5.40. The summed E-state index contributed by atoms with van der Waals surface area (Å²) in [4.78, 5) is 22.6. The summed E-state index contributed by atoms with van der Waals surface area (Å²) in [5.74, 6) is -1.23. The van der Waals surface area contributed by atoms with Crippen molar-refractivity contribution in [1.82, 2.24) is 5.32 Å². The first-order chi connectivity index (χ1) is 8.10. The van der Waals surface area contributed by atoms with Crippen LogP contribution < -0.4 is 56.7 Å². The van der Waals surface area contributed by atoms with Crippen LogP contribution >= 0.6 is 0 Å². The number of nitrogens with one attached hydrogen (secondary N) is 1. The minimum Gasteiger partial charge on any atom is -1.00 e. The normalized spacial score (nSPS) is 13.8. The maximum absolute atomic E-state index is 11.5. The van der Waals surface area contributed by atoms with Crippen molar-refractivity contribution < 1.29 is 72.2 Å². The van der Waals surface area contributed by atoms with Gasteiger partial charge in [0.15, 0.2) is 5.54 Å². The van der Waals surface area contributed by atoms with E-state index in [0.717, 1.165) is 0 Å². The molecule has 0 saturated carbocycles. The van der Waals surface area contributed by atoms with Crippen LogP contribution in [0.15, 0.2) is 12.2 Å². The van der Waals surface area contributed by atoms with E-state index in [1.165, 1.54) is 19.1 Å². The molecule has 0 rings (SSSR count). The molecule has 0 aromatic carbocycles. The summed E-state index contributed by atoms with van der Waals surface area (Å²) in [6.07, 6.45) is 1.88. The molecule has 0 aliphatic rings. The zero-order valence-corrected chi connectivity index (χ0v) is 15.1. The summed E-state index contributed by atoms with van der Waals surface area (Å²) in [7, 11) is 0. The monoisotopic (exact) mass is 294 g/mol. The summed E-state index contributed by atoms with van der Waals surface area (Å²) >= 11 is 0. The van der Waals surface area contributed by atoms with Crippen molar-refractivity contribution in [2.45, 2.75) is 45.3 Å². The summed E-state index contributed by atoms with van der Waals surface area (Å²) in [6, 6.07) is 1.85. The van der Waals surface area contributed by atoms with Gasteiger partial charge in [0.1, 0.15) is 5.60 Å². The summed E-state index contributed by atoms with van der Waals surface area (Å²) in [6.45, 7) is 6.34. The zero-order chi connectivity index (χ0) is 14.4. The molecule has 0 aromatic heterocycles. The van der Waals surface area contributed by atoms with Gasteiger partial charge < -0.3 is 16.6 Å². The molecule has 19 heavy (non-hydrogen) atoms. The van der Waals surface area contributed by atoms with E-state index in [1.54, 1.807) is 20.8 Å². The number of rotatable bonds is 4. The number of aliphatic carboxylic acids is 1. The fourth-order valence-electron chi connectivity index (χ4n) is 1.03. The fraction of sp³-hybridized carbons (Fsp3) is 0.583. The number of carboxylic acids is 1. The van der Waals surface area contributed by atoms with Crippen LogP contribution in [0.2, 0.25) is 0 Å². The number of ether oxygens (including phenoxy) is 1. The Kier molecular flexibility index (Phi) is 9.59. The first kappa shape index (κ1) is 20.9. The van der Waals surface area contributed by atoms with Crippen LogP contribution in [0.25, 0.3) is 0 Å². The van der Waals surface area contributed by atoms with E-state index in [2.05, 4.69) is 5.32 Å². The van der Waals surface area contributed by atoms with E-state index >= 15 is 0 Å². The van der Waals surface area contributed by atoms with Crippen molar-refractivity contribution in [3.63, 3.8) is 0 Å². The van der Waals surface area contributed by atoms with Crippen molar-refractivity contribution in [1.29, 1.82) is 5.26 Å². The van der Waals surface area contributed by atoms with Gasteiger partial charge in [0.05, 0.1) is 12.5 Å². The second-order valence-corrected chi connectivity index (χ2v) is 4.90. The number of amides is 1. The Labute approximate surface area is 157 Å². The number of alkyl carbamates (subject to hydrolysis) is 1. The van der Waals surface area contributed by atoms with E-state index in [1.807, 2.05) is 6.07 Å². The van der Waals surface area contributed by atoms with E-state index in [-0.39, 0.29) is 59.2 Å². The van der Waals surface area contributed by atoms with Gasteiger partial charge >= 0.3 is 63.4 Å². The molecule has 0 aliphatic heterocycles. The largest absolute Gasteiger partial charge is 1.00 e. The molecule has 102 valence electrons. The van der Waals surface area contributed by atoms with Crippen LogP contribution in [-0.2, 0) is 9.53 Å². The number of carbonyl (C=O) groups excluding carboxylic acids is 1. The average molecular weight is 294 g/mol. The molecule has 1 unspecified atom stereocenters. The number of carboxylic acid groups (broad SMARTS) is 1. The average Bonchev–Trinajstić information content (AvgIpc) is 2.14. The number of hydrogen-bond donors (Lipinski definition) is 2. The SMILES string of the molecule is CC(C)(C)OC(=O)NC(C)(C=CCC#N)C(=O)O.[H-].[K+]. The number of nitrogens with zero attached hydrogens (tertiary/aromatic N) is 1. The standard InChI is InChI=1S/C12H18N2O4.K.H/c1-11(2,3)18-10(17)14-12(4,9(15)16)7-5-6-8-13;;/h5,7H,6H2,1-4H3,(H,14,17)(H,15,16);;/q;+1;-1. The third-order valence-corrected chi connectivity index (χ3v) is 1.87. The van der Waals surface area contributed by atoms with Crippen LogP contribution in [0.3, 0.4) is 0 Å². The molecule has 0 bridgehead atoms. The summed E-state index contributed by atoms with van der Waals surface area (Å²) < 4.78 is 4.98. The summed E-state index contributed by atoms with van der Waals surface area (Å²) in [5.41, 5.74) is -2.31. The van der Waals surface area contributed by atoms with Crippen LogP contribution in [0.1, 0.15) is 35.5 Å². The van der Waals surface area contributed by atoms with E-state index < -0.39 is 23.2 Å². The van der Waals surface area contributed by atoms with Crippen molar-refractivity contribution in [2.24, 2.45) is 0 Å². The van der Waals surface area contributed by atoms with Gasteiger partial charge in [-0.05, 0) is 27.7 Å². The van der Waals surface area contributed by atoms with E-state index in [9.17, 15) is 9.59 Å². The zero-order valence-electron chi connectivity index (χ0n) is 13.0. The van der Waals surface area contributed by atoms with Crippen molar-refractivity contribution in [2.75, 3.05) is 0 Å². The molecule has 2 N–H and O–H groups in total. The van der Waals surface area contributed by atoms with Crippen molar-refractivity contribution >= 4 is 12.1 Å². The molecular formula is C12H19KN2O4. The maximum Gasteiger partial charge on any atom is 1.00 e. The van der Waals surface area contributed by atoms with Crippen LogP contribution in [0, 0.1) is 11.3 Å². The smallest absolute Gasteiger partial charge is 1.00 e. The van der Waals surface area contributed by atoms with Gasteiger partial charge in [0, 0.05) is 0 Å². The molecule has 6 nitrogen and oxygen atoms in total. The van der Waals surface area contributed by atoms with Gasteiger partial charge in [-0.15, -0.1) is 0 Å². The summed E-state index contributed by atoms with van der Waals surface area (Å²) in [5, 5.41) is 19.7. The predicted octanol–water partition coefficient (Wildman–Crippen LogP) is -1.06. The van der Waals surface area contributed by atoms with E-state index in [0.29, 0.717) is 0 Å². The third-order valence-electron chi connectivity index (χ3n) is 1.87. The van der Waals surface area contributed by atoms with Gasteiger partial charge in [-0.1, -0.05) is 12.2 Å². The Bertz CT molecular complexity index is 401. The molecule has 1 atom stereocenters. The van der Waals surface area contributed by atoms with Crippen molar-refractivity contribution in [3.05, 3.63) is 12.2 Å². The number of allylic oxidation sites excluding steroid dienone is 1. The molecule has 0 aromatic rings. The number of carbonyl (C=O) groups is 2. The Balaban J connectivity index is -0.00000144. The second-order valence-electron chi connectivity index (χ2n) is 4.90. The molecule has 0 saturated heterocycles. The quantitative estimate of drug-likeness (QED) is 0.508. The molecule has 0 heterocycles. The second kappa shape index (κ2) is 8.71. The Morgan fingerprint density at radius 1 is 1.42 bits per heavy atom. The Morgan fingerprint density at radius 2 is 1.95 bits per heavy atom. The fourth-order valence-corrected chi connectivity index (χ4v) is 1.03. The van der Waals surface area contributed by atoms with Crippen LogP contribution in [0.5, 0.6) is 0 Å². The Hall–Kier alpha value is -0.394. The van der Waals surface area contributed by atoms with Gasteiger partial charge in [-0.3, -0.25) is 0 Å². The third kappa shape index (κ3) is 9.19. The van der Waals surface area contributed by atoms with Crippen LogP contribution in [-0.4, -0.2) is 28.3 Å². The first-order valence-electron chi connectivity index (χ1n) is 5.40. The predicted molar refractivity (Wildman–Crippen MR) is 65.9 cm³/mol. The minimum atomic E-state index is -1.60. The van der Waals surface area contributed by atoms with E-state index in [4.69, 9.17) is 15.1 Å². The van der Waals surface area contributed by atoms with Gasteiger partial charge in [0.2, 0.25) is 0 Å². The maximum atomic E-state index is 11.5. The molecule has 1 amide bonds. The molecular weight excluding hydrogens is 275 g/mol. The Morgan fingerprint density at radius 3 is 2.32 bits per heavy atom. The van der Waals surface area contributed by atoms with Crippen molar-refractivity contribution in [3.8, 4) is 6.07 Å². The van der Waals surface area contributed by atoms with Gasteiger partial charge in [0.25, 0.3) is 0 Å². The number of hydrogen-bond acceptors (Lipinski definition) is 4. The number of nitriles is 1. The molecule has 0 spiro atoms. The molecule has 0 aliphatic carbocycles. The molecule has 0 radical (unpaired) electrons.